The van der Waals surface area contributed by atoms with Crippen LogP contribution in [0.4, 0.5) is 0 Å². The van der Waals surface area contributed by atoms with Gasteiger partial charge in [-0.2, -0.15) is 5.26 Å². The first-order chi connectivity index (χ1) is 18.5. The third-order valence-electron chi connectivity index (χ3n) is 6.85. The van der Waals surface area contributed by atoms with Gasteiger partial charge in [-0.1, -0.05) is 78.7 Å². The lowest BCUT2D eigenvalue weighted by molar-refractivity contribution is 0.101. The molecule has 1 unspecified atom stereocenters. The van der Waals surface area contributed by atoms with Crippen LogP contribution >= 0.6 is 0 Å². The predicted molar refractivity (Wildman–Crippen MR) is 169 cm³/mol. The molecule has 0 radical (unpaired) electrons. The molecule has 1 aliphatic rings. The maximum absolute atomic E-state index is 13.5. The number of hydrogen-bond acceptors (Lipinski definition) is 3. The number of hydrogen-bond donors (Lipinski definition) is 0. The first kappa shape index (κ1) is 35.4. The second-order valence-corrected chi connectivity index (χ2v) is 9.18. The molecule has 1 aromatic carbocycles. The van der Waals surface area contributed by atoms with Crippen molar-refractivity contribution in [3.8, 4) is 6.07 Å². The number of aryl methyl sites for hydroxylation is 1. The molecule has 4 nitrogen and oxygen atoms in total. The molecule has 1 saturated heterocycles. The number of allylic oxidation sites excluding steroid dienone is 4. The average molecular weight is 522 g/mol. The molecule has 212 valence electrons. The van der Waals surface area contributed by atoms with Gasteiger partial charge < -0.3 is 4.57 Å². The first-order valence-corrected chi connectivity index (χ1v) is 15.1. The lowest BCUT2D eigenvalue weighted by Crippen LogP contribution is -2.44. The number of nitrogens with zero attached hydrogens (tertiary/aromatic N) is 3. The van der Waals surface area contributed by atoms with E-state index >= 15 is 0 Å². The Morgan fingerprint density at radius 1 is 0.974 bits per heavy atom. The SMILES string of the molecule is C/C=C(\C=C(/C)C#N)c1cc2ccccc2n(CCCCCN2C(C)CCC[C@@H]2C)c1=O.CC.CC.CC. The summed E-state index contributed by atoms with van der Waals surface area (Å²) >= 11 is 0. The van der Waals surface area contributed by atoms with Crippen molar-refractivity contribution in [2.45, 2.75) is 126 Å². The van der Waals surface area contributed by atoms with E-state index in [9.17, 15) is 10.1 Å². The largest absolute Gasteiger partial charge is 0.308 e. The molecule has 3 rings (SSSR count). The highest BCUT2D eigenvalue weighted by Crippen LogP contribution is 2.23. The normalized spacial score (nSPS) is 17.7. The summed E-state index contributed by atoms with van der Waals surface area (Å²) in [5.41, 5.74) is 3.07. The van der Waals surface area contributed by atoms with E-state index in [1.807, 2.05) is 83.4 Å². The van der Waals surface area contributed by atoms with Gasteiger partial charge in [0.25, 0.3) is 5.56 Å². The highest BCUT2D eigenvalue weighted by molar-refractivity contribution is 5.85. The zero-order valence-corrected chi connectivity index (χ0v) is 26.1. The number of benzene rings is 1. The van der Waals surface area contributed by atoms with Crippen molar-refractivity contribution >= 4 is 16.5 Å². The fraction of sp³-hybridized carbons (Fsp3) is 0.588. The number of unbranched alkanes of at least 4 members (excludes halogenated alkanes) is 2. The Morgan fingerprint density at radius 2 is 1.55 bits per heavy atom. The molecule has 0 bridgehead atoms. The van der Waals surface area contributed by atoms with Gasteiger partial charge >= 0.3 is 0 Å². The highest BCUT2D eigenvalue weighted by atomic mass is 16.1. The van der Waals surface area contributed by atoms with Crippen LogP contribution in [0.5, 0.6) is 0 Å². The Morgan fingerprint density at radius 3 is 2.13 bits per heavy atom. The highest BCUT2D eigenvalue weighted by Gasteiger charge is 2.23. The summed E-state index contributed by atoms with van der Waals surface area (Å²) in [5.74, 6) is 0. The molecular formula is C34H55N3O. The third-order valence-corrected chi connectivity index (χ3v) is 6.85. The van der Waals surface area contributed by atoms with Crippen LogP contribution in [-0.2, 0) is 6.54 Å². The molecule has 0 aliphatic carbocycles. The lowest BCUT2D eigenvalue weighted by atomic mass is 9.97. The summed E-state index contributed by atoms with van der Waals surface area (Å²) in [5, 5.41) is 10.2. The van der Waals surface area contributed by atoms with E-state index in [0.29, 0.717) is 23.2 Å². The molecule has 4 heteroatoms. The number of nitriles is 1. The molecule has 2 atom stereocenters. The van der Waals surface area contributed by atoms with Gasteiger partial charge in [-0.25, -0.2) is 0 Å². The van der Waals surface area contributed by atoms with Crippen LogP contribution in [0.1, 0.15) is 113 Å². The summed E-state index contributed by atoms with van der Waals surface area (Å²) in [6, 6.07) is 13.6. The number of aromatic nitrogens is 1. The van der Waals surface area contributed by atoms with Crippen molar-refractivity contribution in [2.75, 3.05) is 6.54 Å². The molecule has 0 saturated carbocycles. The van der Waals surface area contributed by atoms with Gasteiger partial charge in [-0.05, 0) is 89.1 Å². The van der Waals surface area contributed by atoms with Crippen LogP contribution in [0.3, 0.4) is 0 Å². The summed E-state index contributed by atoms with van der Waals surface area (Å²) in [7, 11) is 0. The van der Waals surface area contributed by atoms with Crippen LogP contribution < -0.4 is 5.56 Å². The molecule has 1 aliphatic heterocycles. The van der Waals surface area contributed by atoms with E-state index in [4.69, 9.17) is 0 Å². The maximum Gasteiger partial charge on any atom is 0.258 e. The van der Waals surface area contributed by atoms with Crippen molar-refractivity contribution in [3.63, 3.8) is 0 Å². The van der Waals surface area contributed by atoms with Crippen LogP contribution in [0.25, 0.3) is 16.5 Å². The standard InChI is InChI=1S/C28H37N3O.3C2H6/c1-5-24(18-21(2)20-29)26-19-25-14-7-8-15-27(25)31(28(26)32)17-10-6-9-16-30-22(3)12-11-13-23(30)4;3*1-2/h5,7-8,14-15,18-19,22-23H,6,9-13,16-17H2,1-4H3;3*1-2H3/b21-18+,24-5+;;;/t22-,23?;;;/m0.../s1. The van der Waals surface area contributed by atoms with Crippen molar-refractivity contribution in [3.05, 3.63) is 64.0 Å². The monoisotopic (exact) mass is 521 g/mol. The minimum atomic E-state index is 0.0251. The van der Waals surface area contributed by atoms with Crippen LogP contribution in [0.2, 0.25) is 0 Å². The van der Waals surface area contributed by atoms with Crippen LogP contribution in [0.15, 0.2) is 52.9 Å². The summed E-state index contributed by atoms with van der Waals surface area (Å²) < 4.78 is 1.93. The fourth-order valence-electron chi connectivity index (χ4n) is 4.99. The summed E-state index contributed by atoms with van der Waals surface area (Å²) in [6.45, 7) is 22.3. The van der Waals surface area contributed by atoms with E-state index in [1.165, 1.54) is 25.7 Å². The maximum atomic E-state index is 13.5. The van der Waals surface area contributed by atoms with Gasteiger partial charge in [0.15, 0.2) is 0 Å². The Hall–Kier alpha value is -2.64. The van der Waals surface area contributed by atoms with Crippen molar-refractivity contribution in [2.24, 2.45) is 0 Å². The number of para-hydroxylation sites is 1. The quantitative estimate of drug-likeness (QED) is 0.197. The number of fused-ring (bicyclic) bond motifs is 1. The third kappa shape index (κ3) is 10.3. The Labute approximate surface area is 234 Å². The van der Waals surface area contributed by atoms with Crippen LogP contribution in [-0.4, -0.2) is 28.1 Å². The minimum Gasteiger partial charge on any atom is -0.308 e. The molecule has 0 spiro atoms. The molecule has 1 aromatic heterocycles. The van der Waals surface area contributed by atoms with Crippen molar-refractivity contribution in [1.82, 2.24) is 9.47 Å². The predicted octanol–water partition coefficient (Wildman–Crippen LogP) is 9.39. The summed E-state index contributed by atoms with van der Waals surface area (Å²) in [6.07, 6.45) is 11.0. The molecule has 0 amide bonds. The Bertz CT molecular complexity index is 1080. The number of rotatable bonds is 8. The number of piperidine rings is 1. The molecular weight excluding hydrogens is 466 g/mol. The molecule has 38 heavy (non-hydrogen) atoms. The van der Waals surface area contributed by atoms with Crippen LogP contribution in [0, 0.1) is 11.3 Å². The molecule has 0 N–H and O–H groups in total. The first-order valence-electron chi connectivity index (χ1n) is 15.1. The topological polar surface area (TPSA) is 49.0 Å². The number of likely N-dealkylation sites (tertiary alicyclic amines) is 1. The zero-order valence-electron chi connectivity index (χ0n) is 26.1. The zero-order chi connectivity index (χ0) is 29.1. The van der Waals surface area contributed by atoms with Crippen molar-refractivity contribution < 1.29 is 0 Å². The van der Waals surface area contributed by atoms with Crippen molar-refractivity contribution in [1.29, 1.82) is 5.26 Å². The van der Waals surface area contributed by atoms with E-state index in [-0.39, 0.29) is 5.56 Å². The van der Waals surface area contributed by atoms with E-state index < -0.39 is 0 Å². The molecule has 1 fully saturated rings. The second kappa shape index (κ2) is 20.3. The summed E-state index contributed by atoms with van der Waals surface area (Å²) in [4.78, 5) is 16.1. The smallest absolute Gasteiger partial charge is 0.258 e. The van der Waals surface area contributed by atoms with Gasteiger partial charge in [-0.3, -0.25) is 9.69 Å². The van der Waals surface area contributed by atoms with Gasteiger partial charge in [0, 0.05) is 29.8 Å². The van der Waals surface area contributed by atoms with Gasteiger partial charge in [0.1, 0.15) is 0 Å². The second-order valence-electron chi connectivity index (χ2n) is 9.18. The van der Waals surface area contributed by atoms with Gasteiger partial charge in [0.2, 0.25) is 0 Å². The molecule has 2 heterocycles. The molecule has 2 aromatic rings. The minimum absolute atomic E-state index is 0.0251. The lowest BCUT2D eigenvalue weighted by Gasteiger charge is -2.39. The fourth-order valence-corrected chi connectivity index (χ4v) is 4.99. The van der Waals surface area contributed by atoms with E-state index in [1.54, 1.807) is 13.0 Å². The van der Waals surface area contributed by atoms with E-state index in [0.717, 1.165) is 42.4 Å². The van der Waals surface area contributed by atoms with Gasteiger partial charge in [0.05, 0.1) is 11.6 Å². The average Bonchev–Trinajstić information content (AvgIpc) is 2.96. The number of pyridine rings is 1. The Kier molecular flexibility index (Phi) is 18.9. The Balaban J connectivity index is 0.00000213. The van der Waals surface area contributed by atoms with Gasteiger partial charge in [-0.15, -0.1) is 0 Å². The van der Waals surface area contributed by atoms with E-state index in [2.05, 4.69) is 30.9 Å².